The van der Waals surface area contributed by atoms with E-state index < -0.39 is 23.8 Å². The fourth-order valence-electron chi connectivity index (χ4n) is 4.46. The van der Waals surface area contributed by atoms with E-state index in [-0.39, 0.29) is 35.6 Å². The highest BCUT2D eigenvalue weighted by Gasteiger charge is 2.34. The van der Waals surface area contributed by atoms with Gasteiger partial charge in [-0.15, -0.1) is 0 Å². The lowest BCUT2D eigenvalue weighted by molar-refractivity contribution is -0.138. The fourth-order valence-corrected chi connectivity index (χ4v) is 4.93. The van der Waals surface area contributed by atoms with Gasteiger partial charge in [-0.05, 0) is 70.4 Å². The zero-order chi connectivity index (χ0) is 29.2. The summed E-state index contributed by atoms with van der Waals surface area (Å²) in [6.07, 6.45) is 2.81. The number of thioether (sulfide) groups is 1. The third-order valence-electron chi connectivity index (χ3n) is 6.68. The van der Waals surface area contributed by atoms with Gasteiger partial charge in [0, 0.05) is 19.0 Å². The first kappa shape index (κ1) is 32.5. The minimum atomic E-state index is -0.682. The standard InChI is InChI=1S/C29H46N4O5S/c1-19(2)24(26(35)30-20(3)21-11-9-8-10-12-21)32-25(34)22-13-16-33(17-14-22)27(36)23(15-18-39-7)31-28(37)38-29(4,5)6/h8-12,19-20,22-24H,13-18H2,1-7H3,(H,30,35)(H,31,37)(H,32,34)/t20-,23-,24-/m0/s1. The number of rotatable bonds is 11. The van der Waals surface area contributed by atoms with E-state index >= 15 is 0 Å². The molecule has 10 heteroatoms. The fraction of sp³-hybridized carbons (Fsp3) is 0.655. The van der Waals surface area contributed by atoms with Crippen LogP contribution in [-0.4, -0.2) is 71.5 Å². The Balaban J connectivity index is 1.94. The summed E-state index contributed by atoms with van der Waals surface area (Å²) < 4.78 is 5.35. The molecule has 0 bridgehead atoms. The molecule has 1 aliphatic rings. The van der Waals surface area contributed by atoms with Gasteiger partial charge in [-0.25, -0.2) is 4.79 Å². The molecule has 1 fully saturated rings. The lowest BCUT2D eigenvalue weighted by atomic mass is 9.93. The van der Waals surface area contributed by atoms with Crippen LogP contribution in [0.25, 0.3) is 0 Å². The summed E-state index contributed by atoms with van der Waals surface area (Å²) in [5.74, 6) is -0.218. The lowest BCUT2D eigenvalue weighted by Gasteiger charge is -2.35. The van der Waals surface area contributed by atoms with Crippen molar-refractivity contribution in [2.75, 3.05) is 25.1 Å². The van der Waals surface area contributed by atoms with E-state index in [9.17, 15) is 19.2 Å². The summed E-state index contributed by atoms with van der Waals surface area (Å²) >= 11 is 1.60. The Bertz CT molecular complexity index is 958. The summed E-state index contributed by atoms with van der Waals surface area (Å²) in [6, 6.07) is 8.17. The third-order valence-corrected chi connectivity index (χ3v) is 7.33. The van der Waals surface area contributed by atoms with Gasteiger partial charge in [0.1, 0.15) is 17.7 Å². The molecule has 4 amide bonds. The molecule has 1 heterocycles. The number of likely N-dealkylation sites (tertiary alicyclic amines) is 1. The first-order valence-corrected chi connectivity index (χ1v) is 15.1. The van der Waals surface area contributed by atoms with E-state index in [1.807, 2.05) is 57.4 Å². The van der Waals surface area contributed by atoms with E-state index in [0.717, 1.165) is 5.56 Å². The molecule has 0 spiro atoms. The normalized spacial score (nSPS) is 16.7. The van der Waals surface area contributed by atoms with Crippen molar-refractivity contribution in [1.82, 2.24) is 20.9 Å². The number of nitrogens with one attached hydrogen (secondary N) is 3. The Morgan fingerprint density at radius 2 is 1.62 bits per heavy atom. The van der Waals surface area contributed by atoms with Crippen LogP contribution in [0.3, 0.4) is 0 Å². The molecule has 9 nitrogen and oxygen atoms in total. The number of piperidine rings is 1. The van der Waals surface area contributed by atoms with Crippen LogP contribution in [0.4, 0.5) is 4.79 Å². The summed E-state index contributed by atoms with van der Waals surface area (Å²) in [5, 5.41) is 8.70. The van der Waals surface area contributed by atoms with E-state index in [0.29, 0.717) is 38.1 Å². The predicted molar refractivity (Wildman–Crippen MR) is 155 cm³/mol. The van der Waals surface area contributed by atoms with Gasteiger partial charge in [0.25, 0.3) is 0 Å². The second-order valence-electron chi connectivity index (χ2n) is 11.5. The average molecular weight is 563 g/mol. The van der Waals surface area contributed by atoms with Crippen molar-refractivity contribution in [2.24, 2.45) is 11.8 Å². The second-order valence-corrected chi connectivity index (χ2v) is 12.4. The Morgan fingerprint density at radius 1 is 1.00 bits per heavy atom. The van der Waals surface area contributed by atoms with Crippen LogP contribution >= 0.6 is 11.8 Å². The number of carbonyl (C=O) groups is 4. The molecule has 1 aromatic rings. The predicted octanol–water partition coefficient (Wildman–Crippen LogP) is 3.89. The van der Waals surface area contributed by atoms with Crippen molar-refractivity contribution >= 4 is 35.6 Å². The number of hydrogen-bond donors (Lipinski definition) is 3. The smallest absolute Gasteiger partial charge is 0.408 e. The second kappa shape index (κ2) is 15.1. The molecule has 2 rings (SSSR count). The molecule has 218 valence electrons. The highest BCUT2D eigenvalue weighted by molar-refractivity contribution is 7.98. The lowest BCUT2D eigenvalue weighted by Crippen LogP contribution is -2.54. The van der Waals surface area contributed by atoms with Gasteiger partial charge in [0.2, 0.25) is 17.7 Å². The van der Waals surface area contributed by atoms with Crippen LogP contribution in [0, 0.1) is 11.8 Å². The Morgan fingerprint density at radius 3 is 2.15 bits per heavy atom. The van der Waals surface area contributed by atoms with Crippen molar-refractivity contribution in [2.45, 2.75) is 84.5 Å². The van der Waals surface area contributed by atoms with Crippen molar-refractivity contribution < 1.29 is 23.9 Å². The van der Waals surface area contributed by atoms with Gasteiger partial charge in [0.05, 0.1) is 6.04 Å². The summed E-state index contributed by atoms with van der Waals surface area (Å²) in [6.45, 7) is 11.9. The first-order chi connectivity index (χ1) is 18.3. The van der Waals surface area contributed by atoms with Crippen molar-refractivity contribution in [3.05, 3.63) is 35.9 Å². The maximum absolute atomic E-state index is 13.3. The van der Waals surface area contributed by atoms with E-state index in [1.54, 1.807) is 37.4 Å². The first-order valence-electron chi connectivity index (χ1n) is 13.7. The topological polar surface area (TPSA) is 117 Å². The number of nitrogens with zero attached hydrogens (tertiary/aromatic N) is 1. The summed E-state index contributed by atoms with van der Waals surface area (Å²) in [7, 11) is 0. The molecule has 3 atom stereocenters. The minimum absolute atomic E-state index is 0.0882. The van der Waals surface area contributed by atoms with Crippen LogP contribution < -0.4 is 16.0 Å². The molecule has 1 saturated heterocycles. The molecule has 0 saturated carbocycles. The zero-order valence-electron chi connectivity index (χ0n) is 24.4. The molecular formula is C29H46N4O5S. The molecular weight excluding hydrogens is 516 g/mol. The summed E-state index contributed by atoms with van der Waals surface area (Å²) in [5.41, 5.74) is 0.335. The quantitative estimate of drug-likeness (QED) is 0.377. The number of benzene rings is 1. The highest BCUT2D eigenvalue weighted by atomic mass is 32.2. The molecule has 0 unspecified atom stereocenters. The van der Waals surface area contributed by atoms with Crippen LogP contribution in [-0.2, 0) is 19.1 Å². The van der Waals surface area contributed by atoms with Crippen molar-refractivity contribution in [3.8, 4) is 0 Å². The number of alkyl carbamates (subject to hydrolysis) is 1. The number of carbonyl (C=O) groups excluding carboxylic acids is 4. The molecule has 1 aliphatic heterocycles. The van der Waals surface area contributed by atoms with Gasteiger partial charge < -0.3 is 25.6 Å². The van der Waals surface area contributed by atoms with Gasteiger partial charge in [0.15, 0.2) is 0 Å². The number of hydrogen-bond acceptors (Lipinski definition) is 6. The average Bonchev–Trinajstić information content (AvgIpc) is 2.88. The van der Waals surface area contributed by atoms with Crippen LogP contribution in [0.15, 0.2) is 30.3 Å². The Labute approximate surface area is 237 Å². The molecule has 0 radical (unpaired) electrons. The van der Waals surface area contributed by atoms with Gasteiger partial charge in [-0.1, -0.05) is 44.2 Å². The van der Waals surface area contributed by atoms with Crippen molar-refractivity contribution in [3.63, 3.8) is 0 Å². The molecule has 39 heavy (non-hydrogen) atoms. The SMILES string of the molecule is CSCC[C@H](NC(=O)OC(C)(C)C)C(=O)N1CCC(C(=O)N[C@H](C(=O)N[C@@H](C)c2ccccc2)C(C)C)CC1. The Kier molecular flexibility index (Phi) is 12.6. The maximum Gasteiger partial charge on any atom is 0.408 e. The van der Waals surface area contributed by atoms with E-state index in [2.05, 4.69) is 16.0 Å². The van der Waals surface area contributed by atoms with E-state index in [1.165, 1.54) is 0 Å². The van der Waals surface area contributed by atoms with E-state index in [4.69, 9.17) is 4.74 Å². The zero-order valence-corrected chi connectivity index (χ0v) is 25.2. The third kappa shape index (κ3) is 10.7. The maximum atomic E-state index is 13.3. The summed E-state index contributed by atoms with van der Waals surface area (Å²) in [4.78, 5) is 53.5. The van der Waals surface area contributed by atoms with Crippen LogP contribution in [0.2, 0.25) is 0 Å². The van der Waals surface area contributed by atoms with Gasteiger partial charge >= 0.3 is 6.09 Å². The molecule has 1 aromatic carbocycles. The Hall–Kier alpha value is -2.75. The monoisotopic (exact) mass is 562 g/mol. The van der Waals surface area contributed by atoms with Crippen LogP contribution in [0.5, 0.6) is 0 Å². The minimum Gasteiger partial charge on any atom is -0.444 e. The van der Waals surface area contributed by atoms with Crippen LogP contribution in [0.1, 0.15) is 72.4 Å². The largest absolute Gasteiger partial charge is 0.444 e. The number of amides is 4. The number of ether oxygens (including phenoxy) is 1. The molecule has 0 aromatic heterocycles. The molecule has 0 aliphatic carbocycles. The highest BCUT2D eigenvalue weighted by Crippen LogP contribution is 2.20. The van der Waals surface area contributed by atoms with Gasteiger partial charge in [-0.3, -0.25) is 14.4 Å². The molecule has 3 N–H and O–H groups in total. The van der Waals surface area contributed by atoms with Crippen molar-refractivity contribution in [1.29, 1.82) is 0 Å². The van der Waals surface area contributed by atoms with Gasteiger partial charge in [-0.2, -0.15) is 11.8 Å².